The van der Waals surface area contributed by atoms with Crippen LogP contribution in [0.5, 0.6) is 0 Å². The number of alkyl halides is 3. The van der Waals surface area contributed by atoms with E-state index < -0.39 is 12.6 Å². The predicted octanol–water partition coefficient (Wildman–Crippen LogP) is 2.29. The zero-order valence-corrected chi connectivity index (χ0v) is 8.88. The molecule has 0 atom stereocenters. The van der Waals surface area contributed by atoms with Crippen LogP contribution in [0.4, 0.5) is 24.7 Å². The van der Waals surface area contributed by atoms with Crippen LogP contribution in [0, 0.1) is 11.3 Å². The maximum atomic E-state index is 11.9. The van der Waals surface area contributed by atoms with Gasteiger partial charge in [0.2, 0.25) is 0 Å². The second-order valence-corrected chi connectivity index (χ2v) is 3.39. The number of nitrogen functional groups attached to an aromatic ring is 1. The molecule has 0 radical (unpaired) electrons. The lowest BCUT2D eigenvalue weighted by atomic mass is 10.3. The van der Waals surface area contributed by atoms with Crippen molar-refractivity contribution in [3.8, 4) is 6.07 Å². The molecule has 4 nitrogen and oxygen atoms in total. The number of pyridine rings is 1. The molecule has 0 spiro atoms. The lowest BCUT2D eigenvalue weighted by Crippen LogP contribution is -2.11. The van der Waals surface area contributed by atoms with E-state index in [9.17, 15) is 13.2 Å². The highest BCUT2D eigenvalue weighted by molar-refractivity contribution is 5.54. The number of anilines is 2. The predicted molar refractivity (Wildman–Crippen MR) is 57.1 cm³/mol. The van der Waals surface area contributed by atoms with Gasteiger partial charge in [-0.25, -0.2) is 4.98 Å². The third kappa shape index (κ3) is 4.59. The first-order valence-corrected chi connectivity index (χ1v) is 4.89. The maximum absolute atomic E-state index is 11.9. The van der Waals surface area contributed by atoms with E-state index in [0.29, 0.717) is 5.82 Å². The summed E-state index contributed by atoms with van der Waals surface area (Å²) in [5.41, 5.74) is 5.76. The number of nitrogens with two attached hydrogens (primary N) is 1. The minimum absolute atomic E-state index is 0.0442. The van der Waals surface area contributed by atoms with E-state index >= 15 is 0 Å². The Balaban J connectivity index is 2.45. The highest BCUT2D eigenvalue weighted by Crippen LogP contribution is 2.21. The topological polar surface area (TPSA) is 74.7 Å². The lowest BCUT2D eigenvalue weighted by Gasteiger charge is -2.08. The molecule has 0 saturated carbocycles. The Morgan fingerprint density at radius 2 is 2.12 bits per heavy atom. The summed E-state index contributed by atoms with van der Waals surface area (Å²) in [6.07, 6.45) is -5.04. The minimum atomic E-state index is -4.14. The van der Waals surface area contributed by atoms with Crippen molar-refractivity contribution in [1.82, 2.24) is 4.98 Å². The molecule has 3 N–H and O–H groups in total. The van der Waals surface area contributed by atoms with Gasteiger partial charge in [0, 0.05) is 13.0 Å². The molecule has 17 heavy (non-hydrogen) atoms. The molecule has 0 aliphatic carbocycles. The van der Waals surface area contributed by atoms with Gasteiger partial charge in [-0.1, -0.05) is 0 Å². The molecule has 0 saturated heterocycles. The smallest absolute Gasteiger partial charge is 0.389 e. The van der Waals surface area contributed by atoms with Gasteiger partial charge in [0.1, 0.15) is 11.9 Å². The number of aromatic nitrogens is 1. The zero-order chi connectivity index (χ0) is 12.9. The van der Waals surface area contributed by atoms with Crippen molar-refractivity contribution in [1.29, 1.82) is 5.26 Å². The van der Waals surface area contributed by atoms with Gasteiger partial charge in [0.05, 0.1) is 5.69 Å². The van der Waals surface area contributed by atoms with E-state index in [4.69, 9.17) is 11.0 Å². The van der Waals surface area contributed by atoms with Crippen LogP contribution in [0.15, 0.2) is 12.1 Å². The van der Waals surface area contributed by atoms with Crippen molar-refractivity contribution in [2.75, 3.05) is 17.6 Å². The summed E-state index contributed by atoms with van der Waals surface area (Å²) in [7, 11) is 0. The molecular formula is C10H11F3N4. The summed E-state index contributed by atoms with van der Waals surface area (Å²) in [5.74, 6) is 0.345. The van der Waals surface area contributed by atoms with Crippen LogP contribution in [0.3, 0.4) is 0 Å². The van der Waals surface area contributed by atoms with Crippen molar-refractivity contribution >= 4 is 11.5 Å². The first-order chi connectivity index (χ1) is 7.92. The molecule has 0 amide bonds. The second kappa shape index (κ2) is 5.39. The van der Waals surface area contributed by atoms with Crippen molar-refractivity contribution in [3.05, 3.63) is 17.8 Å². The average molecular weight is 244 g/mol. The second-order valence-electron chi connectivity index (χ2n) is 3.39. The quantitative estimate of drug-likeness (QED) is 0.797. The molecule has 0 aliphatic heterocycles. The monoisotopic (exact) mass is 244 g/mol. The maximum Gasteiger partial charge on any atom is 0.389 e. The van der Waals surface area contributed by atoms with E-state index in [-0.39, 0.29) is 24.3 Å². The molecule has 1 aromatic heterocycles. The Hall–Kier alpha value is -1.97. The molecular weight excluding hydrogens is 233 g/mol. The Labute approximate surface area is 96.3 Å². The van der Waals surface area contributed by atoms with E-state index in [0.717, 1.165) is 0 Å². The molecule has 7 heteroatoms. The lowest BCUT2D eigenvalue weighted by molar-refractivity contribution is -0.134. The normalized spacial score (nSPS) is 10.9. The van der Waals surface area contributed by atoms with E-state index in [1.165, 1.54) is 12.1 Å². The van der Waals surface area contributed by atoms with E-state index in [1.807, 2.05) is 0 Å². The van der Waals surface area contributed by atoms with Crippen molar-refractivity contribution in [2.24, 2.45) is 0 Å². The molecule has 0 bridgehead atoms. The van der Waals surface area contributed by atoms with Crippen LogP contribution in [0.2, 0.25) is 0 Å². The Morgan fingerprint density at radius 1 is 1.41 bits per heavy atom. The summed E-state index contributed by atoms with van der Waals surface area (Å²) in [4.78, 5) is 3.85. The minimum Gasteiger partial charge on any atom is -0.396 e. The van der Waals surface area contributed by atoms with Gasteiger partial charge in [-0.3, -0.25) is 0 Å². The van der Waals surface area contributed by atoms with Gasteiger partial charge < -0.3 is 11.1 Å². The van der Waals surface area contributed by atoms with Crippen LogP contribution in [-0.2, 0) is 0 Å². The molecule has 1 aromatic rings. The van der Waals surface area contributed by atoms with Gasteiger partial charge in [-0.05, 0) is 18.6 Å². The van der Waals surface area contributed by atoms with Gasteiger partial charge in [-0.15, -0.1) is 0 Å². The summed E-state index contributed by atoms with van der Waals surface area (Å²) in [5, 5.41) is 11.4. The van der Waals surface area contributed by atoms with Crippen LogP contribution < -0.4 is 11.1 Å². The summed E-state index contributed by atoms with van der Waals surface area (Å²) in [6.45, 7) is 0.140. The molecule has 1 rings (SSSR count). The van der Waals surface area contributed by atoms with Crippen LogP contribution in [0.1, 0.15) is 18.5 Å². The fourth-order valence-corrected chi connectivity index (χ4v) is 1.16. The molecule has 0 aromatic carbocycles. The average Bonchev–Trinajstić information content (AvgIpc) is 2.25. The number of nitrogens with zero attached hydrogens (tertiary/aromatic N) is 2. The fraction of sp³-hybridized carbons (Fsp3) is 0.400. The largest absolute Gasteiger partial charge is 0.396 e. The van der Waals surface area contributed by atoms with Crippen molar-refractivity contribution in [3.63, 3.8) is 0 Å². The third-order valence-electron chi connectivity index (χ3n) is 1.98. The highest BCUT2D eigenvalue weighted by atomic mass is 19.4. The number of nitrogens with one attached hydrogen (secondary N) is 1. The highest BCUT2D eigenvalue weighted by Gasteiger charge is 2.25. The van der Waals surface area contributed by atoms with E-state index in [1.54, 1.807) is 6.07 Å². The number of hydrogen-bond acceptors (Lipinski definition) is 4. The molecule has 92 valence electrons. The third-order valence-corrected chi connectivity index (χ3v) is 1.98. The van der Waals surface area contributed by atoms with Crippen LogP contribution in [0.25, 0.3) is 0 Å². The molecule has 1 heterocycles. The number of hydrogen-bond donors (Lipinski definition) is 2. The van der Waals surface area contributed by atoms with Crippen molar-refractivity contribution < 1.29 is 13.2 Å². The fourth-order valence-electron chi connectivity index (χ4n) is 1.16. The molecule has 0 unspecified atom stereocenters. The van der Waals surface area contributed by atoms with Crippen LogP contribution >= 0.6 is 0 Å². The first kappa shape index (κ1) is 13.1. The first-order valence-electron chi connectivity index (χ1n) is 4.89. The number of halogens is 3. The molecule has 0 aliphatic rings. The zero-order valence-electron chi connectivity index (χ0n) is 8.88. The van der Waals surface area contributed by atoms with Crippen molar-refractivity contribution in [2.45, 2.75) is 19.0 Å². The summed E-state index contributed by atoms with van der Waals surface area (Å²) >= 11 is 0. The number of rotatable bonds is 4. The Kier molecular flexibility index (Phi) is 4.15. The standard InChI is InChI=1S/C10H11F3N4/c11-10(12,13)4-1-5-16-9-3-2-7(15)8(6-14)17-9/h2-3H,1,4-5,15H2,(H,16,17). The van der Waals surface area contributed by atoms with Gasteiger partial charge in [0.25, 0.3) is 0 Å². The number of nitriles is 1. The SMILES string of the molecule is N#Cc1nc(NCCCC(F)(F)F)ccc1N. The van der Waals surface area contributed by atoms with Gasteiger partial charge in [-0.2, -0.15) is 18.4 Å². The Bertz CT molecular complexity index is 423. The van der Waals surface area contributed by atoms with Gasteiger partial charge >= 0.3 is 6.18 Å². The molecule has 0 fully saturated rings. The summed E-state index contributed by atoms with van der Waals surface area (Å²) in [6, 6.07) is 4.80. The Morgan fingerprint density at radius 3 is 2.71 bits per heavy atom. The van der Waals surface area contributed by atoms with Gasteiger partial charge in [0.15, 0.2) is 5.69 Å². The van der Waals surface area contributed by atoms with Crippen LogP contribution in [-0.4, -0.2) is 17.7 Å². The summed E-state index contributed by atoms with van der Waals surface area (Å²) < 4.78 is 35.6. The van der Waals surface area contributed by atoms with E-state index in [2.05, 4.69) is 10.3 Å².